The van der Waals surface area contributed by atoms with Crippen LogP contribution in [0.2, 0.25) is 0 Å². The van der Waals surface area contributed by atoms with E-state index < -0.39 is 0 Å². The summed E-state index contributed by atoms with van der Waals surface area (Å²) >= 11 is 0. The summed E-state index contributed by atoms with van der Waals surface area (Å²) in [6.07, 6.45) is 2.12. The van der Waals surface area contributed by atoms with E-state index in [1.165, 1.54) is 17.7 Å². The van der Waals surface area contributed by atoms with E-state index in [1.807, 2.05) is 12.1 Å². The number of hydrogen-bond acceptors (Lipinski definition) is 2. The lowest BCUT2D eigenvalue weighted by atomic mass is 10.0. The van der Waals surface area contributed by atoms with Gasteiger partial charge in [0.05, 0.1) is 0 Å². The minimum atomic E-state index is -0.156. The molecule has 5 heteroatoms. The lowest BCUT2D eigenvalue weighted by Gasteiger charge is -2.24. The summed E-state index contributed by atoms with van der Waals surface area (Å²) in [4.78, 5) is 0. The quantitative estimate of drug-likeness (QED) is 0.887. The van der Waals surface area contributed by atoms with Gasteiger partial charge in [0.2, 0.25) is 0 Å². The Labute approximate surface area is 114 Å². The summed E-state index contributed by atoms with van der Waals surface area (Å²) < 4.78 is 12.7. The first kappa shape index (κ1) is 16.6. The van der Waals surface area contributed by atoms with Gasteiger partial charge in [-0.3, -0.25) is 0 Å². The van der Waals surface area contributed by atoms with Crippen molar-refractivity contribution < 1.29 is 4.39 Å². The normalized spacial score (nSPS) is 19.0. The molecule has 1 aromatic rings. The predicted octanol–water partition coefficient (Wildman–Crippen LogP) is 2.16. The van der Waals surface area contributed by atoms with E-state index >= 15 is 0 Å². The van der Waals surface area contributed by atoms with E-state index in [4.69, 9.17) is 0 Å². The molecular formula is C12H19Cl2FN2. The Morgan fingerprint density at radius 1 is 1.12 bits per heavy atom. The molecule has 0 aromatic heterocycles. The number of halogens is 3. The Kier molecular flexibility index (Phi) is 8.52. The van der Waals surface area contributed by atoms with Crippen LogP contribution >= 0.6 is 24.8 Å². The lowest BCUT2D eigenvalue weighted by molar-refractivity contribution is 0.399. The molecule has 0 spiro atoms. The molecule has 1 unspecified atom stereocenters. The molecule has 2 nitrogen and oxygen atoms in total. The molecule has 1 saturated heterocycles. The van der Waals surface area contributed by atoms with Gasteiger partial charge in [0, 0.05) is 25.7 Å². The van der Waals surface area contributed by atoms with Crippen LogP contribution in [0.3, 0.4) is 0 Å². The van der Waals surface area contributed by atoms with E-state index in [1.54, 1.807) is 0 Å². The molecule has 0 bridgehead atoms. The predicted molar refractivity (Wildman–Crippen MR) is 73.9 cm³/mol. The van der Waals surface area contributed by atoms with Crippen molar-refractivity contribution in [2.75, 3.05) is 19.6 Å². The molecule has 2 N–H and O–H groups in total. The number of nitrogens with one attached hydrogen (secondary N) is 2. The highest BCUT2D eigenvalue weighted by molar-refractivity contribution is 5.85. The average molecular weight is 281 g/mol. The van der Waals surface area contributed by atoms with Crippen LogP contribution in [0.25, 0.3) is 0 Å². The second-order valence-corrected chi connectivity index (χ2v) is 4.02. The van der Waals surface area contributed by atoms with E-state index in [9.17, 15) is 4.39 Å². The first-order valence-electron chi connectivity index (χ1n) is 5.53. The monoisotopic (exact) mass is 280 g/mol. The fourth-order valence-electron chi connectivity index (χ4n) is 1.91. The molecule has 1 aliphatic heterocycles. The van der Waals surface area contributed by atoms with Crippen LogP contribution in [-0.4, -0.2) is 25.7 Å². The Morgan fingerprint density at radius 2 is 1.82 bits per heavy atom. The van der Waals surface area contributed by atoms with Gasteiger partial charge in [-0.2, -0.15) is 0 Å². The number of benzene rings is 1. The van der Waals surface area contributed by atoms with Gasteiger partial charge in [-0.25, -0.2) is 4.39 Å². The lowest BCUT2D eigenvalue weighted by Crippen LogP contribution is -2.48. The van der Waals surface area contributed by atoms with Gasteiger partial charge >= 0.3 is 0 Å². The Bertz CT molecular complexity index is 300. The largest absolute Gasteiger partial charge is 0.314 e. The summed E-state index contributed by atoms with van der Waals surface area (Å²) in [5.41, 5.74) is 1.21. The maximum absolute atomic E-state index is 12.7. The highest BCUT2D eigenvalue weighted by Gasteiger charge is 2.11. The third-order valence-electron chi connectivity index (χ3n) is 2.82. The molecule has 1 atom stereocenters. The molecule has 2 rings (SSSR count). The van der Waals surface area contributed by atoms with Crippen LogP contribution < -0.4 is 10.6 Å². The zero-order valence-corrected chi connectivity index (χ0v) is 11.2. The molecule has 0 radical (unpaired) electrons. The van der Waals surface area contributed by atoms with Crippen LogP contribution in [0, 0.1) is 5.82 Å². The van der Waals surface area contributed by atoms with Crippen LogP contribution in [-0.2, 0) is 6.42 Å². The first-order valence-corrected chi connectivity index (χ1v) is 5.53. The van der Waals surface area contributed by atoms with Gasteiger partial charge in [0.1, 0.15) is 5.82 Å². The first-order chi connectivity index (χ1) is 7.34. The van der Waals surface area contributed by atoms with Gasteiger partial charge in [-0.15, -0.1) is 24.8 Å². The smallest absolute Gasteiger partial charge is 0.123 e. The highest BCUT2D eigenvalue weighted by Crippen LogP contribution is 2.07. The van der Waals surface area contributed by atoms with Crippen LogP contribution in [0.1, 0.15) is 12.0 Å². The maximum Gasteiger partial charge on any atom is 0.123 e. The van der Waals surface area contributed by atoms with E-state index in [0.717, 1.165) is 32.5 Å². The van der Waals surface area contributed by atoms with Crippen LogP contribution in [0.15, 0.2) is 24.3 Å². The minimum Gasteiger partial charge on any atom is -0.314 e. The van der Waals surface area contributed by atoms with Gasteiger partial charge in [0.15, 0.2) is 0 Å². The summed E-state index contributed by atoms with van der Waals surface area (Å²) in [6.45, 7) is 3.16. The molecule has 1 heterocycles. The highest BCUT2D eigenvalue weighted by atomic mass is 35.5. The summed E-state index contributed by atoms with van der Waals surface area (Å²) in [5, 5.41) is 6.82. The summed E-state index contributed by atoms with van der Waals surface area (Å²) in [6, 6.07) is 7.35. The van der Waals surface area contributed by atoms with Gasteiger partial charge in [0.25, 0.3) is 0 Å². The van der Waals surface area contributed by atoms with Crippen molar-refractivity contribution in [2.45, 2.75) is 18.9 Å². The molecule has 1 fully saturated rings. The number of piperazine rings is 1. The van der Waals surface area contributed by atoms with E-state index in [2.05, 4.69) is 10.6 Å². The fourth-order valence-corrected chi connectivity index (χ4v) is 1.91. The average Bonchev–Trinajstić information content (AvgIpc) is 2.30. The zero-order chi connectivity index (χ0) is 10.5. The number of aryl methyl sites for hydroxylation is 1. The Hall–Kier alpha value is -0.350. The molecule has 98 valence electrons. The molecule has 0 aliphatic carbocycles. The molecular weight excluding hydrogens is 262 g/mol. The van der Waals surface area contributed by atoms with Gasteiger partial charge in [-0.1, -0.05) is 12.1 Å². The zero-order valence-electron chi connectivity index (χ0n) is 9.62. The van der Waals surface area contributed by atoms with Gasteiger partial charge < -0.3 is 10.6 Å². The second kappa shape index (κ2) is 8.70. The van der Waals surface area contributed by atoms with Crippen molar-refractivity contribution >= 4 is 24.8 Å². The standard InChI is InChI=1S/C12H17FN2.2ClH/c13-11-4-1-10(2-5-11)3-6-12-9-14-7-8-15-12;;/h1-2,4-5,12,14-15H,3,6-9H2;2*1H. The maximum atomic E-state index is 12.7. The van der Waals surface area contributed by atoms with Crippen molar-refractivity contribution in [3.63, 3.8) is 0 Å². The van der Waals surface area contributed by atoms with Crippen molar-refractivity contribution in [3.8, 4) is 0 Å². The Morgan fingerprint density at radius 3 is 2.41 bits per heavy atom. The molecule has 1 aromatic carbocycles. The summed E-state index contributed by atoms with van der Waals surface area (Å²) in [5.74, 6) is -0.156. The van der Waals surface area contributed by atoms with E-state index in [0.29, 0.717) is 6.04 Å². The van der Waals surface area contributed by atoms with Crippen molar-refractivity contribution in [3.05, 3.63) is 35.6 Å². The molecule has 0 saturated carbocycles. The molecule has 17 heavy (non-hydrogen) atoms. The number of rotatable bonds is 3. The topological polar surface area (TPSA) is 24.1 Å². The second-order valence-electron chi connectivity index (χ2n) is 4.02. The Balaban J connectivity index is 0.00000128. The van der Waals surface area contributed by atoms with Crippen LogP contribution in [0.4, 0.5) is 4.39 Å². The van der Waals surface area contributed by atoms with Gasteiger partial charge in [-0.05, 0) is 30.5 Å². The number of hydrogen-bond donors (Lipinski definition) is 2. The van der Waals surface area contributed by atoms with E-state index in [-0.39, 0.29) is 30.6 Å². The third-order valence-corrected chi connectivity index (χ3v) is 2.82. The SMILES string of the molecule is Cl.Cl.Fc1ccc(CCC2CNCCN2)cc1. The molecule has 0 amide bonds. The van der Waals surface area contributed by atoms with Crippen LogP contribution in [0.5, 0.6) is 0 Å². The minimum absolute atomic E-state index is 0. The van der Waals surface area contributed by atoms with Crippen molar-refractivity contribution in [2.24, 2.45) is 0 Å². The molecule has 1 aliphatic rings. The fraction of sp³-hybridized carbons (Fsp3) is 0.500. The third kappa shape index (κ3) is 5.68. The van der Waals surface area contributed by atoms with Crippen molar-refractivity contribution in [1.82, 2.24) is 10.6 Å². The summed E-state index contributed by atoms with van der Waals surface area (Å²) in [7, 11) is 0. The van der Waals surface area contributed by atoms with Crippen molar-refractivity contribution in [1.29, 1.82) is 0 Å².